The highest BCUT2D eigenvalue weighted by atomic mass is 35.5. The maximum atomic E-state index is 12.3. The van der Waals surface area contributed by atoms with Crippen LogP contribution in [0.1, 0.15) is 14.7 Å². The fourth-order valence-corrected chi connectivity index (χ4v) is 3.29. The summed E-state index contributed by atoms with van der Waals surface area (Å²) in [6.45, 7) is 1.90. The molecule has 0 bridgehead atoms. The fourth-order valence-electron chi connectivity index (χ4n) is 2.40. The molecule has 8 heteroatoms. The highest BCUT2D eigenvalue weighted by Gasteiger charge is 2.14. The predicted molar refractivity (Wildman–Crippen MR) is 98.2 cm³/mol. The summed E-state index contributed by atoms with van der Waals surface area (Å²) >= 11 is 7.58. The molecule has 1 amide bonds. The van der Waals surface area contributed by atoms with Crippen LogP contribution in [-0.4, -0.2) is 25.5 Å². The van der Waals surface area contributed by atoms with E-state index in [4.69, 9.17) is 11.6 Å². The molecule has 0 unspecified atom stereocenters. The molecule has 4 aromatic rings. The van der Waals surface area contributed by atoms with Gasteiger partial charge in [0.05, 0.1) is 16.9 Å². The topological polar surface area (TPSA) is 72.2 Å². The molecule has 0 aliphatic rings. The zero-order chi connectivity index (χ0) is 17.4. The Morgan fingerprint density at radius 3 is 2.76 bits per heavy atom. The second kappa shape index (κ2) is 6.27. The fraction of sp³-hybridized carbons (Fsp3) is 0.0588. The zero-order valence-electron chi connectivity index (χ0n) is 13.1. The Morgan fingerprint density at radius 1 is 1.16 bits per heavy atom. The van der Waals surface area contributed by atoms with Gasteiger partial charge >= 0.3 is 0 Å². The van der Waals surface area contributed by atoms with Gasteiger partial charge in [-0.25, -0.2) is 9.97 Å². The standard InChI is InChI=1S/C17H12ClN5OS/c1-10-8-20-17(25-10)16(24)21-15-9-19-14-7-6-13(22-23(14)15)11-4-2-3-5-12(11)18/h2-9H,1H3,(H,21,24). The van der Waals surface area contributed by atoms with Crippen molar-refractivity contribution >= 4 is 40.3 Å². The van der Waals surface area contributed by atoms with Gasteiger partial charge in [-0.2, -0.15) is 9.61 Å². The molecule has 6 nitrogen and oxygen atoms in total. The summed E-state index contributed by atoms with van der Waals surface area (Å²) in [5, 5.41) is 8.37. The van der Waals surface area contributed by atoms with Gasteiger partial charge in [0, 0.05) is 16.6 Å². The number of imidazole rings is 1. The van der Waals surface area contributed by atoms with Gasteiger partial charge in [0.15, 0.2) is 16.5 Å². The summed E-state index contributed by atoms with van der Waals surface area (Å²) < 4.78 is 1.58. The third-order valence-electron chi connectivity index (χ3n) is 3.57. The minimum Gasteiger partial charge on any atom is -0.303 e. The molecule has 1 aromatic carbocycles. The van der Waals surface area contributed by atoms with Crippen LogP contribution in [0, 0.1) is 6.92 Å². The van der Waals surface area contributed by atoms with Crippen LogP contribution in [0.25, 0.3) is 16.9 Å². The van der Waals surface area contributed by atoms with Crippen molar-refractivity contribution in [3.8, 4) is 11.3 Å². The molecule has 0 spiro atoms. The Labute approximate surface area is 152 Å². The zero-order valence-corrected chi connectivity index (χ0v) is 14.7. The molecule has 0 fully saturated rings. The normalized spacial score (nSPS) is 11.0. The first-order chi connectivity index (χ1) is 12.1. The van der Waals surface area contributed by atoms with Gasteiger partial charge < -0.3 is 5.32 Å². The summed E-state index contributed by atoms with van der Waals surface area (Å²) in [5.41, 5.74) is 2.13. The minimum absolute atomic E-state index is 0.287. The number of carbonyl (C=O) groups excluding carboxylic acids is 1. The molecule has 0 aliphatic carbocycles. The first kappa shape index (κ1) is 15.7. The van der Waals surface area contributed by atoms with E-state index in [0.29, 0.717) is 27.2 Å². The Morgan fingerprint density at radius 2 is 2.00 bits per heavy atom. The van der Waals surface area contributed by atoms with Gasteiger partial charge in [0.1, 0.15) is 0 Å². The Kier molecular flexibility index (Phi) is 3.95. The molecule has 1 N–H and O–H groups in total. The molecule has 0 atom stereocenters. The van der Waals surface area contributed by atoms with Crippen LogP contribution in [0.3, 0.4) is 0 Å². The van der Waals surface area contributed by atoms with Crippen LogP contribution in [0.4, 0.5) is 5.82 Å². The van der Waals surface area contributed by atoms with Gasteiger partial charge in [-0.1, -0.05) is 29.8 Å². The number of aryl methyl sites for hydroxylation is 1. The predicted octanol–water partition coefficient (Wildman–Crippen LogP) is 4.07. The van der Waals surface area contributed by atoms with E-state index in [9.17, 15) is 4.79 Å². The molecule has 0 saturated heterocycles. The number of hydrogen-bond donors (Lipinski definition) is 1. The number of halogens is 1. The summed E-state index contributed by atoms with van der Waals surface area (Å²) in [4.78, 5) is 21.7. The van der Waals surface area contributed by atoms with Crippen LogP contribution in [0.2, 0.25) is 5.02 Å². The number of carbonyl (C=O) groups is 1. The van der Waals surface area contributed by atoms with Crippen molar-refractivity contribution in [3.63, 3.8) is 0 Å². The van der Waals surface area contributed by atoms with Crippen LogP contribution in [0.5, 0.6) is 0 Å². The van der Waals surface area contributed by atoms with Crippen molar-refractivity contribution in [2.75, 3.05) is 5.32 Å². The maximum absolute atomic E-state index is 12.3. The Bertz CT molecular complexity index is 1090. The van der Waals surface area contributed by atoms with Crippen molar-refractivity contribution in [3.05, 3.63) is 63.7 Å². The Hall–Kier alpha value is -2.77. The van der Waals surface area contributed by atoms with E-state index < -0.39 is 0 Å². The highest BCUT2D eigenvalue weighted by Crippen LogP contribution is 2.26. The number of thiazole rings is 1. The van der Waals surface area contributed by atoms with E-state index in [1.807, 2.05) is 43.3 Å². The smallest absolute Gasteiger partial charge is 0.285 e. The molecular weight excluding hydrogens is 358 g/mol. The molecule has 3 heterocycles. The number of rotatable bonds is 3. The van der Waals surface area contributed by atoms with Crippen molar-refractivity contribution in [1.29, 1.82) is 0 Å². The first-order valence-electron chi connectivity index (χ1n) is 7.45. The molecule has 0 saturated carbocycles. The number of hydrogen-bond acceptors (Lipinski definition) is 5. The quantitative estimate of drug-likeness (QED) is 0.591. The lowest BCUT2D eigenvalue weighted by molar-refractivity contribution is 0.102. The van der Waals surface area contributed by atoms with E-state index in [-0.39, 0.29) is 5.91 Å². The van der Waals surface area contributed by atoms with Crippen molar-refractivity contribution < 1.29 is 4.79 Å². The van der Waals surface area contributed by atoms with E-state index in [0.717, 1.165) is 10.4 Å². The lowest BCUT2D eigenvalue weighted by Crippen LogP contribution is -2.13. The SMILES string of the molecule is Cc1cnc(C(=O)Nc2cnc3ccc(-c4ccccc4Cl)nn23)s1. The van der Waals surface area contributed by atoms with Gasteiger partial charge in [-0.15, -0.1) is 11.3 Å². The molecular formula is C17H12ClN5OS. The van der Waals surface area contributed by atoms with E-state index in [2.05, 4.69) is 20.4 Å². The summed E-state index contributed by atoms with van der Waals surface area (Å²) in [5.74, 6) is 0.187. The molecule has 0 aliphatic heterocycles. The van der Waals surface area contributed by atoms with Crippen molar-refractivity contribution in [2.45, 2.75) is 6.92 Å². The van der Waals surface area contributed by atoms with E-state index in [1.54, 1.807) is 16.9 Å². The van der Waals surface area contributed by atoms with Crippen LogP contribution < -0.4 is 5.32 Å². The molecule has 4 rings (SSSR count). The van der Waals surface area contributed by atoms with Crippen molar-refractivity contribution in [1.82, 2.24) is 19.6 Å². The van der Waals surface area contributed by atoms with Crippen LogP contribution in [0.15, 0.2) is 48.8 Å². The number of amides is 1. The van der Waals surface area contributed by atoms with Gasteiger partial charge in [0.2, 0.25) is 0 Å². The minimum atomic E-state index is -0.287. The number of benzene rings is 1. The highest BCUT2D eigenvalue weighted by molar-refractivity contribution is 7.13. The number of aromatic nitrogens is 4. The van der Waals surface area contributed by atoms with Crippen LogP contribution in [-0.2, 0) is 0 Å². The lowest BCUT2D eigenvalue weighted by atomic mass is 10.1. The van der Waals surface area contributed by atoms with Crippen LogP contribution >= 0.6 is 22.9 Å². The maximum Gasteiger partial charge on any atom is 0.285 e. The van der Waals surface area contributed by atoms with Gasteiger partial charge in [-0.05, 0) is 25.1 Å². The summed E-state index contributed by atoms with van der Waals surface area (Å²) in [6, 6.07) is 11.1. The molecule has 0 radical (unpaired) electrons. The monoisotopic (exact) mass is 369 g/mol. The third kappa shape index (κ3) is 2.99. The van der Waals surface area contributed by atoms with E-state index >= 15 is 0 Å². The second-order valence-electron chi connectivity index (χ2n) is 5.34. The number of fused-ring (bicyclic) bond motifs is 1. The van der Waals surface area contributed by atoms with Gasteiger partial charge in [0.25, 0.3) is 5.91 Å². The average Bonchev–Trinajstić information content (AvgIpc) is 3.22. The number of nitrogens with zero attached hydrogens (tertiary/aromatic N) is 4. The Balaban J connectivity index is 1.72. The average molecular weight is 370 g/mol. The number of nitrogens with one attached hydrogen (secondary N) is 1. The summed E-state index contributed by atoms with van der Waals surface area (Å²) in [6.07, 6.45) is 3.24. The molecule has 3 aromatic heterocycles. The van der Waals surface area contributed by atoms with Gasteiger partial charge in [-0.3, -0.25) is 4.79 Å². The summed E-state index contributed by atoms with van der Waals surface area (Å²) in [7, 11) is 0. The molecule has 25 heavy (non-hydrogen) atoms. The second-order valence-corrected chi connectivity index (χ2v) is 6.98. The number of anilines is 1. The van der Waals surface area contributed by atoms with Crippen molar-refractivity contribution in [2.24, 2.45) is 0 Å². The third-order valence-corrected chi connectivity index (χ3v) is 4.81. The largest absolute Gasteiger partial charge is 0.303 e. The van der Waals surface area contributed by atoms with E-state index in [1.165, 1.54) is 11.3 Å². The lowest BCUT2D eigenvalue weighted by Gasteiger charge is -2.06. The first-order valence-corrected chi connectivity index (χ1v) is 8.65. The molecule has 124 valence electrons.